The molecule has 0 aromatic carbocycles. The third-order valence-corrected chi connectivity index (χ3v) is 4.73. The zero-order valence-electron chi connectivity index (χ0n) is 13.9. The molecule has 7 nitrogen and oxygen atoms in total. The predicted octanol–water partition coefficient (Wildman–Crippen LogP) is 2.32. The van der Waals surface area contributed by atoms with Crippen molar-refractivity contribution in [1.29, 1.82) is 0 Å². The average molecular weight is 347 g/mol. The van der Waals surface area contributed by atoms with Crippen LogP contribution in [-0.4, -0.2) is 50.2 Å². The fourth-order valence-electron chi connectivity index (χ4n) is 3.21. The van der Waals surface area contributed by atoms with E-state index < -0.39 is 0 Å². The SMILES string of the molecule is Cc1nc(Cl)c2c(-c3ccnn3C)cc(N3CCOC[C@H]3C)nn12. The molecule has 4 heterocycles. The second-order valence-corrected chi connectivity index (χ2v) is 6.44. The lowest BCUT2D eigenvalue weighted by Gasteiger charge is -2.34. The average Bonchev–Trinajstić information content (AvgIpc) is 3.11. The first kappa shape index (κ1) is 15.4. The Bertz CT molecular complexity index is 901. The van der Waals surface area contributed by atoms with E-state index in [0.29, 0.717) is 18.4 Å². The third-order valence-electron chi connectivity index (χ3n) is 4.46. The number of fused-ring (bicyclic) bond motifs is 1. The smallest absolute Gasteiger partial charge is 0.157 e. The summed E-state index contributed by atoms with van der Waals surface area (Å²) in [7, 11) is 1.92. The fourth-order valence-corrected chi connectivity index (χ4v) is 3.51. The molecule has 0 aliphatic carbocycles. The Morgan fingerprint density at radius 3 is 2.92 bits per heavy atom. The maximum absolute atomic E-state index is 6.38. The van der Waals surface area contributed by atoms with Crippen LogP contribution in [0.3, 0.4) is 0 Å². The number of hydrogen-bond donors (Lipinski definition) is 0. The molecule has 0 amide bonds. The van der Waals surface area contributed by atoms with Crippen molar-refractivity contribution in [3.05, 3.63) is 29.3 Å². The van der Waals surface area contributed by atoms with E-state index in [0.717, 1.165) is 35.0 Å². The maximum Gasteiger partial charge on any atom is 0.157 e. The molecule has 1 saturated heterocycles. The van der Waals surface area contributed by atoms with Gasteiger partial charge >= 0.3 is 0 Å². The first-order valence-electron chi connectivity index (χ1n) is 7.95. The number of morpholine rings is 1. The van der Waals surface area contributed by atoms with E-state index in [1.165, 1.54) is 0 Å². The molecule has 4 rings (SSSR count). The fraction of sp³-hybridized carbons (Fsp3) is 0.438. The number of aromatic nitrogens is 5. The van der Waals surface area contributed by atoms with Gasteiger partial charge in [0, 0.05) is 25.4 Å². The molecular weight excluding hydrogens is 328 g/mol. The van der Waals surface area contributed by atoms with Crippen molar-refractivity contribution in [3.63, 3.8) is 0 Å². The summed E-state index contributed by atoms with van der Waals surface area (Å²) in [6, 6.07) is 4.31. The molecule has 1 aliphatic heterocycles. The van der Waals surface area contributed by atoms with Gasteiger partial charge < -0.3 is 9.64 Å². The Kier molecular flexibility index (Phi) is 3.69. The number of anilines is 1. The number of aryl methyl sites for hydroxylation is 2. The minimum absolute atomic E-state index is 0.266. The Morgan fingerprint density at radius 2 is 2.21 bits per heavy atom. The highest BCUT2D eigenvalue weighted by molar-refractivity contribution is 6.33. The molecule has 24 heavy (non-hydrogen) atoms. The topological polar surface area (TPSA) is 60.5 Å². The van der Waals surface area contributed by atoms with E-state index in [1.807, 2.05) is 29.2 Å². The number of halogens is 1. The van der Waals surface area contributed by atoms with Crippen LogP contribution in [0.25, 0.3) is 16.8 Å². The van der Waals surface area contributed by atoms with E-state index in [9.17, 15) is 0 Å². The molecule has 0 spiro atoms. The second kappa shape index (κ2) is 5.75. The van der Waals surface area contributed by atoms with Crippen LogP contribution in [0.5, 0.6) is 0 Å². The largest absolute Gasteiger partial charge is 0.377 e. The van der Waals surface area contributed by atoms with Gasteiger partial charge in [0.1, 0.15) is 11.3 Å². The lowest BCUT2D eigenvalue weighted by atomic mass is 10.1. The Balaban J connectivity index is 1.97. The van der Waals surface area contributed by atoms with Crippen molar-refractivity contribution in [1.82, 2.24) is 24.4 Å². The van der Waals surface area contributed by atoms with E-state index in [4.69, 9.17) is 21.4 Å². The Morgan fingerprint density at radius 1 is 1.38 bits per heavy atom. The van der Waals surface area contributed by atoms with Crippen molar-refractivity contribution in [2.45, 2.75) is 19.9 Å². The van der Waals surface area contributed by atoms with Crippen molar-refractivity contribution < 1.29 is 4.74 Å². The molecule has 0 unspecified atom stereocenters. The Labute approximate surface area is 144 Å². The molecule has 1 aliphatic rings. The number of nitrogens with zero attached hydrogens (tertiary/aromatic N) is 6. The zero-order chi connectivity index (χ0) is 16.8. The van der Waals surface area contributed by atoms with Crippen LogP contribution < -0.4 is 4.90 Å². The normalized spacial score (nSPS) is 18.5. The van der Waals surface area contributed by atoms with Crippen LogP contribution in [0.1, 0.15) is 12.7 Å². The lowest BCUT2D eigenvalue weighted by molar-refractivity contribution is 0.0984. The van der Waals surface area contributed by atoms with Crippen molar-refractivity contribution in [2.75, 3.05) is 24.7 Å². The summed E-state index contributed by atoms with van der Waals surface area (Å²) in [6.45, 7) is 6.26. The molecule has 3 aromatic rings. The van der Waals surface area contributed by atoms with Crippen LogP contribution in [0.4, 0.5) is 5.82 Å². The van der Waals surface area contributed by atoms with Gasteiger partial charge in [-0.25, -0.2) is 9.50 Å². The lowest BCUT2D eigenvalue weighted by Crippen LogP contribution is -2.44. The van der Waals surface area contributed by atoms with Crippen LogP contribution in [0.15, 0.2) is 18.3 Å². The highest BCUT2D eigenvalue weighted by atomic mass is 35.5. The predicted molar refractivity (Wildman–Crippen MR) is 92.6 cm³/mol. The first-order valence-corrected chi connectivity index (χ1v) is 8.32. The van der Waals surface area contributed by atoms with Gasteiger partial charge in [0.05, 0.1) is 24.9 Å². The zero-order valence-corrected chi connectivity index (χ0v) is 14.7. The summed E-state index contributed by atoms with van der Waals surface area (Å²) in [5.74, 6) is 1.66. The summed E-state index contributed by atoms with van der Waals surface area (Å²) in [6.07, 6.45) is 1.78. The monoisotopic (exact) mass is 346 g/mol. The first-order chi connectivity index (χ1) is 11.6. The van der Waals surface area contributed by atoms with Crippen LogP contribution in [0, 0.1) is 6.92 Å². The summed E-state index contributed by atoms with van der Waals surface area (Å²) < 4.78 is 9.20. The minimum atomic E-state index is 0.266. The number of rotatable bonds is 2. The summed E-state index contributed by atoms with van der Waals surface area (Å²) in [4.78, 5) is 6.65. The van der Waals surface area contributed by atoms with E-state index in [-0.39, 0.29) is 6.04 Å². The molecule has 0 bridgehead atoms. The van der Waals surface area contributed by atoms with Crippen LogP contribution in [-0.2, 0) is 11.8 Å². The van der Waals surface area contributed by atoms with E-state index >= 15 is 0 Å². The van der Waals surface area contributed by atoms with Crippen molar-refractivity contribution >= 4 is 22.9 Å². The van der Waals surface area contributed by atoms with Crippen LogP contribution >= 0.6 is 11.6 Å². The van der Waals surface area contributed by atoms with Gasteiger partial charge in [0.25, 0.3) is 0 Å². The van der Waals surface area contributed by atoms with E-state index in [1.54, 1.807) is 6.20 Å². The second-order valence-electron chi connectivity index (χ2n) is 6.08. The van der Waals surface area contributed by atoms with Gasteiger partial charge in [0.15, 0.2) is 11.0 Å². The van der Waals surface area contributed by atoms with Gasteiger partial charge in [0.2, 0.25) is 0 Å². The summed E-state index contributed by atoms with van der Waals surface area (Å²) >= 11 is 6.38. The van der Waals surface area contributed by atoms with Gasteiger partial charge in [-0.15, -0.1) is 5.10 Å². The summed E-state index contributed by atoms with van der Waals surface area (Å²) in [5, 5.41) is 9.52. The van der Waals surface area contributed by atoms with Gasteiger partial charge in [-0.1, -0.05) is 11.6 Å². The van der Waals surface area contributed by atoms with Gasteiger partial charge in [-0.05, 0) is 26.0 Å². The van der Waals surface area contributed by atoms with Crippen LogP contribution in [0.2, 0.25) is 5.15 Å². The molecule has 126 valence electrons. The number of ether oxygens (including phenoxy) is 1. The number of hydrogen-bond acceptors (Lipinski definition) is 5. The van der Waals surface area contributed by atoms with Crippen molar-refractivity contribution in [2.24, 2.45) is 7.05 Å². The molecule has 1 fully saturated rings. The van der Waals surface area contributed by atoms with Gasteiger partial charge in [-0.3, -0.25) is 4.68 Å². The highest BCUT2D eigenvalue weighted by Gasteiger charge is 2.24. The summed E-state index contributed by atoms with van der Waals surface area (Å²) in [5.41, 5.74) is 2.76. The molecule has 1 atom stereocenters. The standard InChI is InChI=1S/C16H19ClN6O/c1-10-9-24-7-6-22(10)14-8-12(13-4-5-18-21(13)3)15-16(17)19-11(2)23(15)20-14/h4-5,8,10H,6-7,9H2,1-3H3/t10-/m1/s1. The molecule has 0 saturated carbocycles. The quantitative estimate of drug-likeness (QED) is 0.712. The maximum atomic E-state index is 6.38. The minimum Gasteiger partial charge on any atom is -0.377 e. The molecule has 3 aromatic heterocycles. The highest BCUT2D eigenvalue weighted by Crippen LogP contribution is 2.32. The third kappa shape index (κ3) is 2.35. The van der Waals surface area contributed by atoms with Crippen molar-refractivity contribution in [3.8, 4) is 11.3 Å². The van der Waals surface area contributed by atoms with E-state index in [2.05, 4.69) is 28.0 Å². The molecular formula is C16H19ClN6O. The molecule has 8 heteroatoms. The van der Waals surface area contributed by atoms with Gasteiger partial charge in [-0.2, -0.15) is 5.10 Å². The molecule has 0 radical (unpaired) electrons. The Hall–Kier alpha value is -2.12. The molecule has 0 N–H and O–H groups in total. The number of imidazole rings is 1.